The first-order valence-corrected chi connectivity index (χ1v) is 4.27. The van der Waals surface area contributed by atoms with E-state index in [-0.39, 0.29) is 11.7 Å². The fraction of sp³-hybridized carbons (Fsp3) is 0.444. The number of rotatable bonds is 4. The SMILES string of the molecule is COc1cnc(C(C)C(=O)O)nc1OC. The van der Waals surface area contributed by atoms with Crippen molar-refractivity contribution in [3.63, 3.8) is 0 Å². The van der Waals surface area contributed by atoms with Crippen LogP contribution >= 0.6 is 0 Å². The maximum absolute atomic E-state index is 10.7. The van der Waals surface area contributed by atoms with Crippen LogP contribution in [0.3, 0.4) is 0 Å². The van der Waals surface area contributed by atoms with Gasteiger partial charge in [0.25, 0.3) is 5.88 Å². The summed E-state index contributed by atoms with van der Waals surface area (Å²) >= 11 is 0. The normalized spacial score (nSPS) is 11.9. The molecule has 1 aromatic heterocycles. The molecule has 0 spiro atoms. The van der Waals surface area contributed by atoms with Crippen molar-refractivity contribution >= 4 is 5.97 Å². The maximum Gasteiger partial charge on any atom is 0.313 e. The number of aromatic nitrogens is 2. The van der Waals surface area contributed by atoms with Crippen LogP contribution in [0.15, 0.2) is 6.20 Å². The van der Waals surface area contributed by atoms with E-state index in [0.29, 0.717) is 5.75 Å². The minimum Gasteiger partial charge on any atom is -0.490 e. The predicted octanol–water partition coefficient (Wildman–Crippen LogP) is 0.682. The summed E-state index contributed by atoms with van der Waals surface area (Å²) in [5, 5.41) is 8.77. The lowest BCUT2D eigenvalue weighted by Gasteiger charge is -2.09. The van der Waals surface area contributed by atoms with Gasteiger partial charge in [0.2, 0.25) is 0 Å². The molecule has 15 heavy (non-hydrogen) atoms. The third-order valence-corrected chi connectivity index (χ3v) is 1.91. The van der Waals surface area contributed by atoms with Gasteiger partial charge >= 0.3 is 5.97 Å². The van der Waals surface area contributed by atoms with E-state index in [1.54, 1.807) is 0 Å². The van der Waals surface area contributed by atoms with Crippen LogP contribution in [0.4, 0.5) is 0 Å². The van der Waals surface area contributed by atoms with Crippen molar-refractivity contribution in [3.8, 4) is 11.6 Å². The Hall–Kier alpha value is -1.85. The van der Waals surface area contributed by atoms with Crippen LogP contribution < -0.4 is 9.47 Å². The molecular weight excluding hydrogens is 200 g/mol. The molecule has 1 aromatic rings. The number of carboxylic acids is 1. The molecule has 82 valence electrons. The van der Waals surface area contributed by atoms with Crippen LogP contribution in [0.1, 0.15) is 18.7 Å². The zero-order valence-corrected chi connectivity index (χ0v) is 8.72. The van der Waals surface area contributed by atoms with Crippen LogP contribution in [0.25, 0.3) is 0 Å². The first-order valence-electron chi connectivity index (χ1n) is 4.27. The monoisotopic (exact) mass is 212 g/mol. The van der Waals surface area contributed by atoms with Crippen molar-refractivity contribution in [2.45, 2.75) is 12.8 Å². The molecule has 0 fully saturated rings. The van der Waals surface area contributed by atoms with E-state index < -0.39 is 11.9 Å². The summed E-state index contributed by atoms with van der Waals surface area (Å²) in [6.07, 6.45) is 1.39. The fourth-order valence-corrected chi connectivity index (χ4v) is 0.973. The van der Waals surface area contributed by atoms with Crippen molar-refractivity contribution in [2.75, 3.05) is 14.2 Å². The molecule has 1 unspecified atom stereocenters. The van der Waals surface area contributed by atoms with E-state index in [1.165, 1.54) is 27.3 Å². The van der Waals surface area contributed by atoms with E-state index >= 15 is 0 Å². The average Bonchev–Trinajstić information content (AvgIpc) is 2.26. The molecule has 0 aromatic carbocycles. The summed E-state index contributed by atoms with van der Waals surface area (Å²) in [5.41, 5.74) is 0. The minimum absolute atomic E-state index is 0.195. The number of hydrogen-bond acceptors (Lipinski definition) is 5. The topological polar surface area (TPSA) is 81.5 Å². The first kappa shape index (κ1) is 11.2. The van der Waals surface area contributed by atoms with Gasteiger partial charge in [0, 0.05) is 0 Å². The van der Waals surface area contributed by atoms with E-state index in [9.17, 15) is 4.79 Å². The van der Waals surface area contributed by atoms with Gasteiger partial charge in [-0.25, -0.2) is 4.98 Å². The molecule has 0 radical (unpaired) electrons. The van der Waals surface area contributed by atoms with E-state index in [1.807, 2.05) is 0 Å². The van der Waals surface area contributed by atoms with Crippen molar-refractivity contribution in [2.24, 2.45) is 0 Å². The van der Waals surface area contributed by atoms with E-state index in [4.69, 9.17) is 14.6 Å². The lowest BCUT2D eigenvalue weighted by atomic mass is 10.2. The zero-order chi connectivity index (χ0) is 11.4. The number of carbonyl (C=O) groups is 1. The highest BCUT2D eigenvalue weighted by molar-refractivity contribution is 5.74. The van der Waals surface area contributed by atoms with Crippen molar-refractivity contribution in [3.05, 3.63) is 12.0 Å². The lowest BCUT2D eigenvalue weighted by Crippen LogP contribution is -2.12. The van der Waals surface area contributed by atoms with Crippen LogP contribution in [0.5, 0.6) is 11.6 Å². The number of aliphatic carboxylic acids is 1. The number of methoxy groups -OCH3 is 2. The maximum atomic E-state index is 10.7. The quantitative estimate of drug-likeness (QED) is 0.790. The van der Waals surface area contributed by atoms with Gasteiger partial charge in [0.05, 0.1) is 20.4 Å². The Morgan fingerprint density at radius 1 is 1.47 bits per heavy atom. The van der Waals surface area contributed by atoms with Crippen LogP contribution in [0, 0.1) is 0 Å². The summed E-state index contributed by atoms with van der Waals surface area (Å²) < 4.78 is 9.87. The van der Waals surface area contributed by atoms with E-state index in [2.05, 4.69) is 9.97 Å². The summed E-state index contributed by atoms with van der Waals surface area (Å²) in [7, 11) is 2.89. The van der Waals surface area contributed by atoms with Crippen LogP contribution in [-0.4, -0.2) is 35.3 Å². The Kier molecular flexibility index (Phi) is 3.43. The number of hydrogen-bond donors (Lipinski definition) is 1. The Morgan fingerprint density at radius 3 is 2.60 bits per heavy atom. The van der Waals surface area contributed by atoms with Crippen molar-refractivity contribution in [1.82, 2.24) is 9.97 Å². The fourth-order valence-electron chi connectivity index (χ4n) is 0.973. The molecular formula is C9H12N2O4. The molecule has 0 aliphatic carbocycles. The first-order chi connectivity index (χ1) is 7.10. The van der Waals surface area contributed by atoms with Gasteiger partial charge < -0.3 is 14.6 Å². The van der Waals surface area contributed by atoms with Gasteiger partial charge in [-0.05, 0) is 6.92 Å². The Balaban J connectivity index is 3.07. The number of carboxylic acid groups (broad SMARTS) is 1. The Morgan fingerprint density at radius 2 is 2.13 bits per heavy atom. The summed E-state index contributed by atoms with van der Waals surface area (Å²) in [4.78, 5) is 18.5. The molecule has 0 aliphatic heterocycles. The average molecular weight is 212 g/mol. The van der Waals surface area contributed by atoms with Crippen molar-refractivity contribution < 1.29 is 19.4 Å². The zero-order valence-electron chi connectivity index (χ0n) is 8.72. The third kappa shape index (κ3) is 2.34. The number of nitrogens with zero attached hydrogens (tertiary/aromatic N) is 2. The van der Waals surface area contributed by atoms with Crippen LogP contribution in [-0.2, 0) is 4.79 Å². The van der Waals surface area contributed by atoms with Gasteiger partial charge in [-0.15, -0.1) is 0 Å². The molecule has 6 nitrogen and oxygen atoms in total. The second-order valence-electron chi connectivity index (χ2n) is 2.87. The minimum atomic E-state index is -0.984. The lowest BCUT2D eigenvalue weighted by molar-refractivity contribution is -0.138. The molecule has 0 saturated carbocycles. The number of ether oxygens (including phenoxy) is 2. The second-order valence-corrected chi connectivity index (χ2v) is 2.87. The Labute approximate surface area is 86.9 Å². The van der Waals surface area contributed by atoms with Gasteiger partial charge in [0.15, 0.2) is 5.75 Å². The summed E-state index contributed by atoms with van der Waals surface area (Å²) in [5.74, 6) is -0.957. The molecule has 1 N–H and O–H groups in total. The summed E-state index contributed by atoms with van der Waals surface area (Å²) in [6.45, 7) is 1.50. The standard InChI is InChI=1S/C9H12N2O4/c1-5(9(12)13)7-10-4-6(14-2)8(11-7)15-3/h4-5H,1-3H3,(H,12,13). The molecule has 0 aliphatic rings. The summed E-state index contributed by atoms with van der Waals surface area (Å²) in [6, 6.07) is 0. The highest BCUT2D eigenvalue weighted by atomic mass is 16.5. The molecule has 1 atom stereocenters. The third-order valence-electron chi connectivity index (χ3n) is 1.91. The molecule has 6 heteroatoms. The van der Waals surface area contributed by atoms with Gasteiger partial charge in [-0.2, -0.15) is 4.98 Å². The molecule has 0 saturated heterocycles. The highest BCUT2D eigenvalue weighted by Crippen LogP contribution is 2.24. The van der Waals surface area contributed by atoms with Crippen molar-refractivity contribution in [1.29, 1.82) is 0 Å². The van der Waals surface area contributed by atoms with Gasteiger partial charge in [-0.1, -0.05) is 0 Å². The molecule has 1 rings (SSSR count). The van der Waals surface area contributed by atoms with Crippen LogP contribution in [0.2, 0.25) is 0 Å². The Bertz CT molecular complexity index is 367. The van der Waals surface area contributed by atoms with E-state index in [0.717, 1.165) is 0 Å². The second kappa shape index (κ2) is 4.59. The smallest absolute Gasteiger partial charge is 0.313 e. The molecule has 0 bridgehead atoms. The largest absolute Gasteiger partial charge is 0.490 e. The molecule has 1 heterocycles. The predicted molar refractivity (Wildman–Crippen MR) is 51.2 cm³/mol. The van der Waals surface area contributed by atoms with Gasteiger partial charge in [0.1, 0.15) is 11.7 Å². The van der Waals surface area contributed by atoms with Gasteiger partial charge in [-0.3, -0.25) is 4.79 Å². The highest BCUT2D eigenvalue weighted by Gasteiger charge is 2.19. The molecule has 0 amide bonds.